The van der Waals surface area contributed by atoms with Gasteiger partial charge in [-0.3, -0.25) is 24.2 Å². The summed E-state index contributed by atoms with van der Waals surface area (Å²) in [7, 11) is 0. The normalized spacial score (nSPS) is 19.6. The summed E-state index contributed by atoms with van der Waals surface area (Å²) in [5.74, 6) is -0.864. The van der Waals surface area contributed by atoms with E-state index >= 15 is 0 Å². The lowest BCUT2D eigenvalue weighted by Crippen LogP contribution is -2.53. The quantitative estimate of drug-likeness (QED) is 0.371. The third kappa shape index (κ3) is 4.77. The van der Waals surface area contributed by atoms with Crippen LogP contribution in [0, 0.1) is 0 Å². The Morgan fingerprint density at radius 3 is 2.74 bits per heavy atom. The van der Waals surface area contributed by atoms with Crippen LogP contribution in [0.1, 0.15) is 26.5 Å². The maximum atomic E-state index is 13.9. The van der Waals surface area contributed by atoms with Crippen LogP contribution in [0.5, 0.6) is 0 Å². The summed E-state index contributed by atoms with van der Waals surface area (Å²) in [5, 5.41) is 6.87. The van der Waals surface area contributed by atoms with Crippen LogP contribution in [-0.2, 0) is 27.2 Å². The van der Waals surface area contributed by atoms with Gasteiger partial charge in [0.2, 0.25) is 11.8 Å². The van der Waals surface area contributed by atoms with Crippen LogP contribution in [0.3, 0.4) is 0 Å². The summed E-state index contributed by atoms with van der Waals surface area (Å²) >= 11 is 4.49. The van der Waals surface area contributed by atoms with E-state index in [0.717, 1.165) is 19.8 Å². The van der Waals surface area contributed by atoms with E-state index in [1.165, 1.54) is 22.7 Å². The van der Waals surface area contributed by atoms with E-state index < -0.39 is 12.1 Å². The molecule has 3 amide bonds. The topological polar surface area (TPSA) is 99.7 Å². The first kappa shape index (κ1) is 24.9. The van der Waals surface area contributed by atoms with Crippen LogP contribution in [0.4, 0.5) is 0 Å². The fraction of sp³-hybridized carbons (Fsp3) is 0.296. The number of aromatic nitrogens is 1. The highest BCUT2D eigenvalue weighted by Crippen LogP contribution is 2.32. The first-order valence-corrected chi connectivity index (χ1v) is 14.9. The Kier molecular flexibility index (Phi) is 6.81. The smallest absolute Gasteiger partial charge is 0.262 e. The average molecular weight is 565 g/mol. The molecule has 3 unspecified atom stereocenters. The number of rotatable bonds is 7. The molecule has 3 atom stereocenters. The van der Waals surface area contributed by atoms with Crippen molar-refractivity contribution in [3.63, 3.8) is 0 Å². The number of hydrogen-bond donors (Lipinski definition) is 1. The van der Waals surface area contributed by atoms with Gasteiger partial charge in [0.15, 0.2) is 5.78 Å². The van der Waals surface area contributed by atoms with Gasteiger partial charge in [-0.1, -0.05) is 12.1 Å². The minimum atomic E-state index is -0.812. The molecule has 0 saturated carbocycles. The Hall–Kier alpha value is -3.41. The Morgan fingerprint density at radius 2 is 1.97 bits per heavy atom. The van der Waals surface area contributed by atoms with Gasteiger partial charge in [0.1, 0.15) is 12.1 Å². The monoisotopic (exact) mass is 564 g/mol. The molecule has 2 aliphatic heterocycles. The summed E-state index contributed by atoms with van der Waals surface area (Å²) in [6, 6.07) is 9.44. The minimum absolute atomic E-state index is 0.00784. The maximum Gasteiger partial charge on any atom is 0.262 e. The molecule has 38 heavy (non-hydrogen) atoms. The summed E-state index contributed by atoms with van der Waals surface area (Å²) in [4.78, 5) is 62.0. The van der Waals surface area contributed by atoms with Gasteiger partial charge < -0.3 is 15.1 Å². The van der Waals surface area contributed by atoms with Crippen molar-refractivity contribution >= 4 is 66.9 Å². The number of carbonyl (C=O) groups excluding carboxylic acids is 4. The molecule has 0 aromatic carbocycles. The van der Waals surface area contributed by atoms with Gasteiger partial charge in [-0.25, -0.2) is 0 Å². The van der Waals surface area contributed by atoms with Gasteiger partial charge in [-0.05, 0) is 47.0 Å². The highest BCUT2D eigenvalue weighted by Gasteiger charge is 2.52. The summed E-state index contributed by atoms with van der Waals surface area (Å²) in [5.41, 5.74) is 0.784. The number of likely N-dealkylation sites (tertiary alicyclic amines) is 2. The van der Waals surface area contributed by atoms with E-state index in [4.69, 9.17) is 0 Å². The zero-order chi connectivity index (χ0) is 26.2. The molecule has 2 fully saturated rings. The van der Waals surface area contributed by atoms with E-state index in [2.05, 4.69) is 10.3 Å². The van der Waals surface area contributed by atoms with E-state index in [1.54, 1.807) is 39.6 Å². The lowest BCUT2D eigenvalue weighted by Gasteiger charge is -2.28. The molecule has 0 spiro atoms. The third-order valence-electron chi connectivity index (χ3n) is 7.06. The number of hydrogen-bond acceptors (Lipinski definition) is 8. The first-order chi connectivity index (χ1) is 18.5. The Labute approximate surface area is 230 Å². The van der Waals surface area contributed by atoms with Crippen LogP contribution in [0.2, 0.25) is 0 Å². The largest absolute Gasteiger partial charge is 0.339 e. The third-order valence-corrected chi connectivity index (χ3v) is 10.0. The van der Waals surface area contributed by atoms with Gasteiger partial charge in [0.05, 0.1) is 23.9 Å². The number of nitrogens with zero attached hydrogens (tertiary/aromatic N) is 3. The lowest BCUT2D eigenvalue weighted by molar-refractivity contribution is -0.138. The van der Waals surface area contributed by atoms with Gasteiger partial charge in [0.25, 0.3) is 5.91 Å². The first-order valence-electron chi connectivity index (χ1n) is 12.3. The van der Waals surface area contributed by atoms with Crippen LogP contribution < -0.4 is 5.32 Å². The second-order valence-corrected chi connectivity index (χ2v) is 12.5. The second kappa shape index (κ2) is 10.4. The molecule has 2 aliphatic rings. The average Bonchev–Trinajstić information content (AvgIpc) is 3.72. The summed E-state index contributed by atoms with van der Waals surface area (Å²) in [6.07, 6.45) is 4.33. The lowest BCUT2D eigenvalue weighted by atomic mass is 10.1. The van der Waals surface area contributed by atoms with Gasteiger partial charge in [-0.2, -0.15) is 0 Å². The molecule has 0 radical (unpaired) electrons. The number of thiophene rings is 3. The van der Waals surface area contributed by atoms with Crippen molar-refractivity contribution in [1.82, 2.24) is 20.1 Å². The van der Waals surface area contributed by atoms with Crippen molar-refractivity contribution in [2.45, 2.75) is 37.4 Å². The highest BCUT2D eigenvalue weighted by molar-refractivity contribution is 7.27. The molecular formula is C27H24N4O4S3. The molecule has 4 aromatic heterocycles. The number of pyridine rings is 1. The van der Waals surface area contributed by atoms with Gasteiger partial charge >= 0.3 is 0 Å². The zero-order valence-corrected chi connectivity index (χ0v) is 22.7. The van der Waals surface area contributed by atoms with E-state index in [9.17, 15) is 19.2 Å². The maximum absolute atomic E-state index is 13.9. The molecule has 0 aliphatic carbocycles. The number of nitrogens with one attached hydrogen (secondary N) is 1. The fourth-order valence-electron chi connectivity index (χ4n) is 5.31. The van der Waals surface area contributed by atoms with Crippen molar-refractivity contribution in [2.75, 3.05) is 13.1 Å². The predicted molar refractivity (Wildman–Crippen MR) is 148 cm³/mol. The van der Waals surface area contributed by atoms with Crippen molar-refractivity contribution in [2.24, 2.45) is 0 Å². The van der Waals surface area contributed by atoms with Crippen molar-refractivity contribution in [1.29, 1.82) is 0 Å². The molecule has 8 nitrogen and oxygen atoms in total. The Morgan fingerprint density at radius 1 is 1.08 bits per heavy atom. The van der Waals surface area contributed by atoms with Gasteiger partial charge in [-0.15, -0.1) is 34.0 Å². The number of ketones is 1. The number of amides is 3. The molecule has 4 aromatic rings. The SMILES string of the molecule is O=C(NC(Cc1cccs1)C(=O)N1CCC2C1C(=O)CN2C(=O)Cc1cccnc1)c1cc2sccc2s1. The highest BCUT2D eigenvalue weighted by atomic mass is 32.1. The predicted octanol–water partition coefficient (Wildman–Crippen LogP) is 3.38. The minimum Gasteiger partial charge on any atom is -0.339 e. The van der Waals surface area contributed by atoms with Gasteiger partial charge in [0, 0.05) is 39.6 Å². The molecule has 0 bridgehead atoms. The van der Waals surface area contributed by atoms with E-state index in [-0.39, 0.29) is 42.5 Å². The van der Waals surface area contributed by atoms with E-state index in [0.29, 0.717) is 24.3 Å². The summed E-state index contributed by atoms with van der Waals surface area (Å²) in [6.45, 7) is 0.355. The van der Waals surface area contributed by atoms with Crippen molar-refractivity contribution in [3.05, 3.63) is 74.9 Å². The molecule has 194 valence electrons. The number of carbonyl (C=O) groups is 4. The molecular weight excluding hydrogens is 541 g/mol. The van der Waals surface area contributed by atoms with Crippen molar-refractivity contribution < 1.29 is 19.2 Å². The molecule has 1 N–H and O–H groups in total. The van der Waals surface area contributed by atoms with Crippen LogP contribution in [0.15, 0.2) is 59.6 Å². The zero-order valence-electron chi connectivity index (χ0n) is 20.2. The molecule has 6 rings (SSSR count). The fourth-order valence-corrected chi connectivity index (χ4v) is 8.07. The Bertz CT molecular complexity index is 1470. The second-order valence-electron chi connectivity index (χ2n) is 9.43. The van der Waals surface area contributed by atoms with E-state index in [1.807, 2.05) is 41.1 Å². The van der Waals surface area contributed by atoms with Crippen molar-refractivity contribution in [3.8, 4) is 0 Å². The summed E-state index contributed by atoms with van der Waals surface area (Å²) < 4.78 is 2.08. The molecule has 6 heterocycles. The van der Waals surface area contributed by atoms with Crippen LogP contribution in [-0.4, -0.2) is 69.5 Å². The molecule has 2 saturated heterocycles. The number of fused-ring (bicyclic) bond motifs is 2. The number of Topliss-reactive ketones (excluding diaryl/α,β-unsaturated/α-hetero) is 1. The Balaban J connectivity index is 1.20. The standard InChI is InChI=1S/C27H24N4O4S3/c32-20-15-31(24(33)11-16-3-1-7-28-14-16)19-5-8-30(25(19)20)27(35)18(12-17-4-2-9-36-17)29-26(34)23-13-22-21(38-23)6-10-37-22/h1-4,6-7,9-10,13-14,18-19,25H,5,8,11-12,15H2,(H,29,34). The van der Waals surface area contributed by atoms with Crippen LogP contribution >= 0.6 is 34.0 Å². The van der Waals surface area contributed by atoms with Crippen LogP contribution in [0.25, 0.3) is 9.40 Å². The molecule has 11 heteroatoms.